The molecule has 1 saturated carbocycles. The van der Waals surface area contributed by atoms with Crippen molar-refractivity contribution in [2.24, 2.45) is 0 Å². The number of rotatable bonds is 3. The maximum atomic E-state index is 12.8. The van der Waals surface area contributed by atoms with Gasteiger partial charge in [0.15, 0.2) is 0 Å². The van der Waals surface area contributed by atoms with E-state index in [1.54, 1.807) is 12.1 Å². The first-order valence-corrected chi connectivity index (χ1v) is 5.62. The van der Waals surface area contributed by atoms with E-state index in [4.69, 9.17) is 4.74 Å². The van der Waals surface area contributed by atoms with Gasteiger partial charge in [0.05, 0.1) is 7.11 Å². The summed E-state index contributed by atoms with van der Waals surface area (Å²) in [5.74, 6) is -1.24. The van der Waals surface area contributed by atoms with Crippen LogP contribution in [0.3, 0.4) is 0 Å². The summed E-state index contributed by atoms with van der Waals surface area (Å²) in [6, 6.07) is 5.91. The quantitative estimate of drug-likeness (QED) is 0.825. The van der Waals surface area contributed by atoms with Crippen molar-refractivity contribution in [1.82, 2.24) is 5.32 Å². The van der Waals surface area contributed by atoms with Gasteiger partial charge in [-0.1, -0.05) is 12.1 Å². The normalized spacial score (nSPS) is 25.4. The number of hydrogen-bond acceptors (Lipinski definition) is 3. The van der Waals surface area contributed by atoms with Crippen LogP contribution in [-0.4, -0.2) is 24.5 Å². The molecule has 0 saturated heterocycles. The summed E-state index contributed by atoms with van der Waals surface area (Å²) in [7, 11) is 1.28. The second-order valence-corrected chi connectivity index (χ2v) is 4.45. The molecule has 0 heterocycles. The Hall–Kier alpha value is -1.91. The van der Waals surface area contributed by atoms with Crippen molar-refractivity contribution in [3.05, 3.63) is 35.6 Å². The molecule has 2 atom stereocenters. The fourth-order valence-electron chi connectivity index (χ4n) is 2.27. The predicted octanol–water partition coefficient (Wildman–Crippen LogP) is 1.36. The van der Waals surface area contributed by atoms with Gasteiger partial charge in [-0.25, -0.2) is 9.18 Å². The molecule has 5 heteroatoms. The lowest BCUT2D eigenvalue weighted by Crippen LogP contribution is -2.44. The number of halogens is 1. The molecule has 1 N–H and O–H groups in total. The minimum Gasteiger partial charge on any atom is -0.467 e. The van der Waals surface area contributed by atoms with Crippen LogP contribution in [0.5, 0.6) is 0 Å². The van der Waals surface area contributed by atoms with Gasteiger partial charge in [-0.2, -0.15) is 0 Å². The van der Waals surface area contributed by atoms with Crippen molar-refractivity contribution in [1.29, 1.82) is 0 Å². The Kier molecular flexibility index (Phi) is 3.07. The van der Waals surface area contributed by atoms with Crippen molar-refractivity contribution in [3.8, 4) is 0 Å². The number of nitrogens with one attached hydrogen (secondary N) is 1. The molecule has 18 heavy (non-hydrogen) atoms. The average Bonchev–Trinajstić information content (AvgIpc) is 3.03. The van der Waals surface area contributed by atoms with Crippen LogP contribution < -0.4 is 5.32 Å². The third-order valence-electron chi connectivity index (χ3n) is 3.18. The fourth-order valence-corrected chi connectivity index (χ4v) is 2.27. The molecule has 0 unspecified atom stereocenters. The Morgan fingerprint density at radius 2 is 2.00 bits per heavy atom. The van der Waals surface area contributed by atoms with E-state index < -0.39 is 11.5 Å². The number of amides is 1. The SMILES string of the molecule is COC(=O)[C@]1(NC(C)=O)C[C@H]1c1ccc(F)cc1. The number of benzene rings is 1. The number of hydrogen-bond donors (Lipinski definition) is 1. The van der Waals surface area contributed by atoms with Crippen molar-refractivity contribution in [2.75, 3.05) is 7.11 Å². The van der Waals surface area contributed by atoms with Crippen LogP contribution in [0.25, 0.3) is 0 Å². The molecule has 0 aromatic heterocycles. The van der Waals surface area contributed by atoms with Crippen LogP contribution in [-0.2, 0) is 14.3 Å². The molecule has 1 aliphatic rings. The second kappa shape index (κ2) is 4.40. The molecule has 1 fully saturated rings. The minimum absolute atomic E-state index is 0.158. The van der Waals surface area contributed by atoms with Gasteiger partial charge in [-0.3, -0.25) is 4.79 Å². The number of carbonyl (C=O) groups is 2. The van der Waals surface area contributed by atoms with Crippen molar-refractivity contribution < 1.29 is 18.7 Å². The van der Waals surface area contributed by atoms with Gasteiger partial charge in [-0.15, -0.1) is 0 Å². The smallest absolute Gasteiger partial charge is 0.332 e. The zero-order chi connectivity index (χ0) is 13.3. The van der Waals surface area contributed by atoms with Gasteiger partial charge in [0, 0.05) is 12.8 Å². The molecule has 1 aromatic rings. The summed E-state index contributed by atoms with van der Waals surface area (Å²) >= 11 is 0. The Balaban J connectivity index is 2.24. The average molecular weight is 251 g/mol. The van der Waals surface area contributed by atoms with Gasteiger partial charge < -0.3 is 10.1 Å². The van der Waals surface area contributed by atoms with E-state index in [-0.39, 0.29) is 17.6 Å². The molecule has 1 aliphatic carbocycles. The molecule has 2 rings (SSSR count). The molecule has 0 spiro atoms. The lowest BCUT2D eigenvalue weighted by Gasteiger charge is -2.16. The zero-order valence-corrected chi connectivity index (χ0v) is 10.2. The van der Waals surface area contributed by atoms with Gasteiger partial charge in [-0.05, 0) is 24.1 Å². The Bertz CT molecular complexity index is 486. The van der Waals surface area contributed by atoms with E-state index in [1.807, 2.05) is 0 Å². The highest BCUT2D eigenvalue weighted by atomic mass is 19.1. The third kappa shape index (κ3) is 2.08. The van der Waals surface area contributed by atoms with E-state index in [1.165, 1.54) is 26.2 Å². The van der Waals surface area contributed by atoms with Crippen LogP contribution in [0, 0.1) is 5.82 Å². The highest BCUT2D eigenvalue weighted by molar-refractivity contribution is 5.92. The molecular weight excluding hydrogens is 237 g/mol. The summed E-state index contributed by atoms with van der Waals surface area (Å²) in [5.41, 5.74) is -0.172. The van der Waals surface area contributed by atoms with E-state index in [9.17, 15) is 14.0 Å². The highest BCUT2D eigenvalue weighted by Gasteiger charge is 2.62. The standard InChI is InChI=1S/C13H14FNO3/c1-8(16)15-13(12(17)18-2)7-11(13)9-3-5-10(14)6-4-9/h3-6,11H,7H2,1-2H3,(H,15,16)/t11-,13-/m0/s1. The van der Waals surface area contributed by atoms with E-state index in [0.29, 0.717) is 6.42 Å². The molecule has 0 radical (unpaired) electrons. The minimum atomic E-state index is -0.988. The maximum absolute atomic E-state index is 12.8. The molecule has 0 bridgehead atoms. The first-order chi connectivity index (χ1) is 8.49. The van der Waals surface area contributed by atoms with E-state index >= 15 is 0 Å². The molecular formula is C13H14FNO3. The zero-order valence-electron chi connectivity index (χ0n) is 10.2. The number of carbonyl (C=O) groups excluding carboxylic acids is 2. The topological polar surface area (TPSA) is 55.4 Å². The van der Waals surface area contributed by atoms with Gasteiger partial charge in [0.1, 0.15) is 11.4 Å². The summed E-state index contributed by atoms with van der Waals surface area (Å²) < 4.78 is 17.6. The highest BCUT2D eigenvalue weighted by Crippen LogP contribution is 2.52. The second-order valence-electron chi connectivity index (χ2n) is 4.45. The van der Waals surface area contributed by atoms with Gasteiger partial charge in [0.2, 0.25) is 5.91 Å². The Labute approximate surface area is 104 Å². The van der Waals surface area contributed by atoms with Gasteiger partial charge >= 0.3 is 5.97 Å². The van der Waals surface area contributed by atoms with Crippen LogP contribution in [0.4, 0.5) is 4.39 Å². The third-order valence-corrected chi connectivity index (χ3v) is 3.18. The van der Waals surface area contributed by atoms with Crippen LogP contribution in [0.1, 0.15) is 24.8 Å². The van der Waals surface area contributed by atoms with Crippen LogP contribution in [0.2, 0.25) is 0 Å². The first-order valence-electron chi connectivity index (χ1n) is 5.62. The van der Waals surface area contributed by atoms with Crippen molar-refractivity contribution in [2.45, 2.75) is 24.8 Å². The lowest BCUT2D eigenvalue weighted by atomic mass is 10.1. The molecule has 96 valence electrons. The van der Waals surface area contributed by atoms with Crippen molar-refractivity contribution >= 4 is 11.9 Å². The lowest BCUT2D eigenvalue weighted by molar-refractivity contribution is -0.146. The molecule has 4 nitrogen and oxygen atoms in total. The fraction of sp³-hybridized carbons (Fsp3) is 0.385. The molecule has 1 amide bonds. The number of methoxy groups -OCH3 is 1. The monoisotopic (exact) mass is 251 g/mol. The largest absolute Gasteiger partial charge is 0.467 e. The number of ether oxygens (including phenoxy) is 1. The number of esters is 1. The van der Waals surface area contributed by atoms with E-state index in [2.05, 4.69) is 5.32 Å². The van der Waals surface area contributed by atoms with Gasteiger partial charge in [0.25, 0.3) is 0 Å². The maximum Gasteiger partial charge on any atom is 0.332 e. The molecule has 1 aromatic carbocycles. The van der Waals surface area contributed by atoms with E-state index in [0.717, 1.165) is 5.56 Å². The van der Waals surface area contributed by atoms with Crippen LogP contribution >= 0.6 is 0 Å². The van der Waals surface area contributed by atoms with Crippen molar-refractivity contribution in [3.63, 3.8) is 0 Å². The summed E-state index contributed by atoms with van der Waals surface area (Å²) in [5, 5.41) is 2.64. The Morgan fingerprint density at radius 3 is 2.50 bits per heavy atom. The summed E-state index contributed by atoms with van der Waals surface area (Å²) in [6.07, 6.45) is 0.477. The summed E-state index contributed by atoms with van der Waals surface area (Å²) in [6.45, 7) is 1.35. The van der Waals surface area contributed by atoms with Crippen LogP contribution in [0.15, 0.2) is 24.3 Å². The first kappa shape index (κ1) is 12.5. The summed E-state index contributed by atoms with van der Waals surface area (Å²) in [4.78, 5) is 22.9. The molecule has 0 aliphatic heterocycles. The Morgan fingerprint density at radius 1 is 1.39 bits per heavy atom. The predicted molar refractivity (Wildman–Crippen MR) is 62.3 cm³/mol.